The summed E-state index contributed by atoms with van der Waals surface area (Å²) < 4.78 is 65.8. The Morgan fingerprint density at radius 1 is 0.639 bits per heavy atom. The molecule has 0 fully saturated rings. The van der Waals surface area contributed by atoms with Crippen LogP contribution in [0.3, 0.4) is 0 Å². The molecule has 0 amide bonds. The molecule has 0 radical (unpaired) electrons. The number of ether oxygens (including phenoxy) is 7. The van der Waals surface area contributed by atoms with Gasteiger partial charge in [-0.25, -0.2) is 4.79 Å². The summed E-state index contributed by atoms with van der Waals surface area (Å²) in [6.45, 7) is 9.31. The van der Waals surface area contributed by atoms with E-state index in [1.54, 1.807) is 39.0 Å². The number of hydrogen-bond donors (Lipinski definition) is 0. The molecule has 1 aromatic rings. The van der Waals surface area contributed by atoms with Gasteiger partial charge in [0, 0.05) is 0 Å². The first-order valence-electron chi connectivity index (χ1n) is 11.8. The number of hydrogen-bond acceptors (Lipinski definition) is 11. The van der Waals surface area contributed by atoms with Gasteiger partial charge in [0.1, 0.15) is 12.2 Å². The van der Waals surface area contributed by atoms with Gasteiger partial charge in [-0.3, -0.25) is 4.18 Å². The highest BCUT2D eigenvalue weighted by Crippen LogP contribution is 2.10. The summed E-state index contributed by atoms with van der Waals surface area (Å²) in [5, 5.41) is 0. The molecule has 0 saturated heterocycles. The molecule has 0 spiro atoms. The van der Waals surface area contributed by atoms with Crippen LogP contribution in [0, 0.1) is 0 Å². The minimum absolute atomic E-state index is 0.0622. The van der Waals surface area contributed by atoms with Crippen LogP contribution >= 0.6 is 0 Å². The highest BCUT2D eigenvalue weighted by molar-refractivity contribution is 7.86. The van der Waals surface area contributed by atoms with Gasteiger partial charge in [-0.15, -0.1) is 0 Å². The van der Waals surface area contributed by atoms with E-state index in [2.05, 4.69) is 0 Å². The number of carbonyl (C=O) groups excluding carboxylic acids is 1. The molecule has 0 aromatic heterocycles. The third-order valence-corrected chi connectivity index (χ3v) is 5.32. The summed E-state index contributed by atoms with van der Waals surface area (Å²) in [5.41, 5.74) is -0.518. The van der Waals surface area contributed by atoms with Gasteiger partial charge >= 0.3 is 5.97 Å². The van der Waals surface area contributed by atoms with Gasteiger partial charge < -0.3 is 33.2 Å². The van der Waals surface area contributed by atoms with Gasteiger partial charge in [0.2, 0.25) is 0 Å². The largest absolute Gasteiger partial charge is 0.458 e. The average molecular weight is 537 g/mol. The Morgan fingerprint density at radius 2 is 1.03 bits per heavy atom. The Bertz CT molecular complexity index is 779. The van der Waals surface area contributed by atoms with Gasteiger partial charge in [0.15, 0.2) is 0 Å². The molecule has 12 heteroatoms. The molecule has 208 valence electrons. The van der Waals surface area contributed by atoms with Crippen molar-refractivity contribution in [2.75, 3.05) is 85.9 Å². The van der Waals surface area contributed by atoms with Crippen LogP contribution in [-0.2, 0) is 52.3 Å². The number of benzene rings is 1. The van der Waals surface area contributed by atoms with E-state index in [4.69, 9.17) is 37.3 Å². The third kappa shape index (κ3) is 18.6. The summed E-state index contributed by atoms with van der Waals surface area (Å²) in [4.78, 5) is 11.6. The van der Waals surface area contributed by atoms with Crippen molar-refractivity contribution < 1.29 is 50.6 Å². The molecule has 0 aliphatic heterocycles. The second-order valence-corrected chi connectivity index (χ2v) is 9.91. The quantitative estimate of drug-likeness (QED) is 0.122. The summed E-state index contributed by atoms with van der Waals surface area (Å²) in [5.74, 6) is -0.399. The van der Waals surface area contributed by atoms with Gasteiger partial charge in [-0.05, 0) is 32.9 Å². The van der Waals surface area contributed by atoms with Crippen molar-refractivity contribution in [2.45, 2.75) is 31.3 Å². The average Bonchev–Trinajstić information content (AvgIpc) is 2.82. The van der Waals surface area contributed by atoms with Crippen LogP contribution in [0.4, 0.5) is 0 Å². The van der Waals surface area contributed by atoms with E-state index < -0.39 is 21.7 Å². The lowest BCUT2D eigenvalue weighted by Crippen LogP contribution is -2.27. The second kappa shape index (κ2) is 19.5. The minimum Gasteiger partial charge on any atom is -0.458 e. The van der Waals surface area contributed by atoms with Crippen LogP contribution in [0.1, 0.15) is 20.8 Å². The molecular formula is C24H40O11S. The molecular weight excluding hydrogens is 496 g/mol. The normalized spacial score (nSPS) is 12.1. The Hall–Kier alpha value is -1.64. The van der Waals surface area contributed by atoms with E-state index in [9.17, 15) is 13.2 Å². The SMILES string of the molecule is CC(C)(C)OC(=O)COCCOCCOCCOCCOCCOCCOS(=O)(=O)c1ccccc1. The van der Waals surface area contributed by atoms with E-state index in [1.807, 2.05) is 0 Å². The standard InChI is InChI=1S/C24H40O11S/c1-24(2,3)35-23(25)21-33-18-17-31-14-13-29-10-9-28-11-12-30-15-16-32-19-20-34-36(26,27)22-7-5-4-6-8-22/h4-8H,9-21H2,1-3H3. The van der Waals surface area contributed by atoms with E-state index in [-0.39, 0.29) is 24.7 Å². The smallest absolute Gasteiger partial charge is 0.332 e. The van der Waals surface area contributed by atoms with E-state index in [0.29, 0.717) is 66.1 Å². The van der Waals surface area contributed by atoms with Crippen molar-refractivity contribution in [3.05, 3.63) is 30.3 Å². The van der Waals surface area contributed by atoms with E-state index in [1.165, 1.54) is 12.1 Å². The van der Waals surface area contributed by atoms with Crippen molar-refractivity contribution in [2.24, 2.45) is 0 Å². The Morgan fingerprint density at radius 3 is 1.44 bits per heavy atom. The molecule has 0 aliphatic rings. The Kier molecular flexibility index (Phi) is 17.5. The maximum atomic E-state index is 11.9. The zero-order chi connectivity index (χ0) is 26.5. The number of esters is 1. The van der Waals surface area contributed by atoms with Crippen molar-refractivity contribution in [1.82, 2.24) is 0 Å². The van der Waals surface area contributed by atoms with Crippen LogP contribution in [0.2, 0.25) is 0 Å². The van der Waals surface area contributed by atoms with E-state index in [0.717, 1.165) is 0 Å². The van der Waals surface area contributed by atoms with Crippen molar-refractivity contribution in [3.8, 4) is 0 Å². The zero-order valence-electron chi connectivity index (χ0n) is 21.5. The van der Waals surface area contributed by atoms with Gasteiger partial charge in [-0.2, -0.15) is 8.42 Å². The van der Waals surface area contributed by atoms with Crippen LogP contribution in [0.5, 0.6) is 0 Å². The van der Waals surface area contributed by atoms with E-state index >= 15 is 0 Å². The minimum atomic E-state index is -3.75. The number of carbonyl (C=O) groups is 1. The maximum absolute atomic E-state index is 11.9. The molecule has 0 unspecified atom stereocenters. The summed E-state index contributed by atoms with van der Waals surface area (Å²) in [6, 6.07) is 7.95. The van der Waals surface area contributed by atoms with Crippen LogP contribution in [0.25, 0.3) is 0 Å². The molecule has 0 aliphatic carbocycles. The Labute approximate surface area is 214 Å². The lowest BCUT2D eigenvalue weighted by Gasteiger charge is -2.19. The molecule has 0 bridgehead atoms. The van der Waals surface area contributed by atoms with Gasteiger partial charge in [-0.1, -0.05) is 18.2 Å². The lowest BCUT2D eigenvalue weighted by molar-refractivity contribution is -0.160. The highest BCUT2D eigenvalue weighted by atomic mass is 32.2. The third-order valence-electron chi connectivity index (χ3n) is 4.00. The molecule has 11 nitrogen and oxygen atoms in total. The molecule has 0 atom stereocenters. The summed E-state index contributed by atoms with van der Waals surface area (Å²) >= 11 is 0. The fourth-order valence-corrected chi connectivity index (χ4v) is 3.40. The lowest BCUT2D eigenvalue weighted by atomic mass is 10.2. The monoisotopic (exact) mass is 536 g/mol. The molecule has 36 heavy (non-hydrogen) atoms. The first-order chi connectivity index (χ1) is 17.2. The second-order valence-electron chi connectivity index (χ2n) is 8.29. The van der Waals surface area contributed by atoms with Gasteiger partial charge in [0.05, 0.1) is 84.2 Å². The molecule has 0 N–H and O–H groups in total. The van der Waals surface area contributed by atoms with Crippen LogP contribution in [0.15, 0.2) is 35.2 Å². The van der Waals surface area contributed by atoms with Crippen molar-refractivity contribution in [1.29, 1.82) is 0 Å². The topological polar surface area (TPSA) is 125 Å². The predicted molar refractivity (Wildman–Crippen MR) is 130 cm³/mol. The molecule has 0 heterocycles. The Balaban J connectivity index is 1.77. The van der Waals surface area contributed by atoms with Crippen molar-refractivity contribution >= 4 is 16.1 Å². The first kappa shape index (κ1) is 32.4. The maximum Gasteiger partial charge on any atom is 0.332 e. The van der Waals surface area contributed by atoms with Crippen LogP contribution < -0.4 is 0 Å². The molecule has 1 aromatic carbocycles. The fraction of sp³-hybridized carbons (Fsp3) is 0.708. The fourth-order valence-electron chi connectivity index (χ4n) is 2.48. The zero-order valence-corrected chi connectivity index (χ0v) is 22.3. The van der Waals surface area contributed by atoms with Crippen molar-refractivity contribution in [3.63, 3.8) is 0 Å². The summed E-state index contributed by atoms with van der Waals surface area (Å²) in [6.07, 6.45) is 0. The summed E-state index contributed by atoms with van der Waals surface area (Å²) in [7, 11) is -3.75. The van der Waals surface area contributed by atoms with Gasteiger partial charge in [0.25, 0.3) is 10.1 Å². The number of rotatable bonds is 22. The van der Waals surface area contributed by atoms with Crippen LogP contribution in [-0.4, -0.2) is 106 Å². The molecule has 1 rings (SSSR count). The first-order valence-corrected chi connectivity index (χ1v) is 13.2. The predicted octanol–water partition coefficient (Wildman–Crippen LogP) is 1.83. The molecule has 0 saturated carbocycles. The highest BCUT2D eigenvalue weighted by Gasteiger charge is 2.16.